The van der Waals surface area contributed by atoms with Crippen LogP contribution in [0.25, 0.3) is 0 Å². The fourth-order valence-electron chi connectivity index (χ4n) is 3.18. The highest BCUT2D eigenvalue weighted by atomic mass is 32.2. The molecule has 9 heteroatoms. The number of ether oxygens (including phenoxy) is 1. The zero-order valence-electron chi connectivity index (χ0n) is 14.4. The van der Waals surface area contributed by atoms with Crippen molar-refractivity contribution in [2.24, 2.45) is 0 Å². The van der Waals surface area contributed by atoms with E-state index in [0.29, 0.717) is 18.8 Å². The molecule has 0 saturated heterocycles. The van der Waals surface area contributed by atoms with Crippen molar-refractivity contribution in [3.63, 3.8) is 0 Å². The summed E-state index contributed by atoms with van der Waals surface area (Å²) < 4.78 is 32.5. The molecule has 25 heavy (non-hydrogen) atoms. The van der Waals surface area contributed by atoms with Crippen LogP contribution in [0.4, 0.5) is 0 Å². The summed E-state index contributed by atoms with van der Waals surface area (Å²) in [5, 5.41) is 4.40. The Labute approximate surface area is 147 Å². The summed E-state index contributed by atoms with van der Waals surface area (Å²) >= 11 is 0. The molecule has 0 amide bonds. The second-order valence-corrected chi connectivity index (χ2v) is 8.05. The fourth-order valence-corrected chi connectivity index (χ4v) is 3.67. The van der Waals surface area contributed by atoms with Gasteiger partial charge in [-0.25, -0.2) is 18.1 Å². The van der Waals surface area contributed by atoms with E-state index in [1.807, 2.05) is 22.9 Å². The highest BCUT2D eigenvalue weighted by Gasteiger charge is 2.26. The number of hydrogen-bond donors (Lipinski definition) is 1. The van der Waals surface area contributed by atoms with Crippen LogP contribution in [-0.2, 0) is 23.1 Å². The Kier molecular flexibility index (Phi) is 5.36. The summed E-state index contributed by atoms with van der Waals surface area (Å²) in [5.41, 5.74) is 2.16. The summed E-state index contributed by atoms with van der Waals surface area (Å²) in [6.07, 6.45) is 5.37. The minimum absolute atomic E-state index is 0.121. The summed E-state index contributed by atoms with van der Waals surface area (Å²) in [7, 11) is -1.56. The molecular formula is C16H23N5O3S. The molecule has 1 aliphatic heterocycles. The lowest BCUT2D eigenvalue weighted by Gasteiger charge is -2.34. The molecule has 3 rings (SSSR count). The number of fused-ring (bicyclic) bond motifs is 1. The van der Waals surface area contributed by atoms with Crippen molar-refractivity contribution in [2.75, 3.05) is 26.5 Å². The topological polar surface area (TPSA) is 89.3 Å². The van der Waals surface area contributed by atoms with Crippen LogP contribution in [0.5, 0.6) is 5.88 Å². The molecule has 0 fully saturated rings. The standard InChI is InChI=1S/C16H23N5O3S/c1-24-16-13(4-3-7-17-16)10-20-11-14-5-8-18-21(14)15(12-20)6-9-19-25(2,22)23/h3-5,7-8,15,19H,6,9-12H2,1-2H3/t15-/m1/s1. The van der Waals surface area contributed by atoms with E-state index in [0.717, 1.165) is 30.9 Å². The average Bonchev–Trinajstić information content (AvgIpc) is 3.03. The van der Waals surface area contributed by atoms with Crippen molar-refractivity contribution in [1.29, 1.82) is 0 Å². The second-order valence-electron chi connectivity index (χ2n) is 6.22. The SMILES string of the molecule is COc1ncccc1CN1Cc2ccnn2[C@H](CCNS(C)(=O)=O)C1. The first-order chi connectivity index (χ1) is 12.0. The Balaban J connectivity index is 1.71. The summed E-state index contributed by atoms with van der Waals surface area (Å²) in [5.74, 6) is 0.636. The van der Waals surface area contributed by atoms with Gasteiger partial charge >= 0.3 is 0 Å². The zero-order valence-corrected chi connectivity index (χ0v) is 15.2. The first kappa shape index (κ1) is 17.8. The van der Waals surface area contributed by atoms with Gasteiger partial charge in [-0.3, -0.25) is 9.58 Å². The Morgan fingerprint density at radius 2 is 2.20 bits per heavy atom. The fraction of sp³-hybridized carbons (Fsp3) is 0.500. The number of methoxy groups -OCH3 is 1. The molecule has 3 heterocycles. The third kappa shape index (κ3) is 4.56. The van der Waals surface area contributed by atoms with Gasteiger partial charge in [-0.1, -0.05) is 6.07 Å². The second kappa shape index (κ2) is 7.51. The molecule has 1 N–H and O–H groups in total. The van der Waals surface area contributed by atoms with Crippen LogP contribution in [0, 0.1) is 0 Å². The maximum absolute atomic E-state index is 11.3. The number of sulfonamides is 1. The van der Waals surface area contributed by atoms with Gasteiger partial charge in [0.15, 0.2) is 0 Å². The molecule has 0 unspecified atom stereocenters. The number of nitrogens with one attached hydrogen (secondary N) is 1. The third-order valence-electron chi connectivity index (χ3n) is 4.23. The molecule has 0 aliphatic carbocycles. The van der Waals surface area contributed by atoms with Crippen LogP contribution in [0.2, 0.25) is 0 Å². The monoisotopic (exact) mass is 365 g/mol. The first-order valence-electron chi connectivity index (χ1n) is 8.13. The van der Waals surface area contributed by atoms with Crippen molar-refractivity contribution >= 4 is 10.0 Å². The minimum atomic E-state index is -3.18. The van der Waals surface area contributed by atoms with Gasteiger partial charge in [0.25, 0.3) is 0 Å². The Morgan fingerprint density at radius 3 is 2.96 bits per heavy atom. The van der Waals surface area contributed by atoms with Gasteiger partial charge < -0.3 is 4.74 Å². The predicted molar refractivity (Wildman–Crippen MR) is 93.6 cm³/mol. The van der Waals surface area contributed by atoms with E-state index < -0.39 is 10.0 Å². The zero-order chi connectivity index (χ0) is 17.9. The molecule has 0 spiro atoms. The molecule has 2 aromatic heterocycles. The lowest BCUT2D eigenvalue weighted by molar-refractivity contribution is 0.160. The van der Waals surface area contributed by atoms with Crippen LogP contribution in [0.1, 0.15) is 23.7 Å². The number of pyridine rings is 1. The molecule has 2 aromatic rings. The van der Waals surface area contributed by atoms with E-state index in [-0.39, 0.29) is 6.04 Å². The molecule has 136 valence electrons. The Morgan fingerprint density at radius 1 is 1.36 bits per heavy atom. The van der Waals surface area contributed by atoms with Crippen LogP contribution < -0.4 is 9.46 Å². The van der Waals surface area contributed by atoms with Crippen molar-refractivity contribution in [1.82, 2.24) is 24.4 Å². The smallest absolute Gasteiger partial charge is 0.217 e. The number of rotatable bonds is 7. The molecule has 8 nitrogen and oxygen atoms in total. The first-order valence-corrected chi connectivity index (χ1v) is 10.0. The van der Waals surface area contributed by atoms with Gasteiger partial charge in [-0.2, -0.15) is 5.10 Å². The van der Waals surface area contributed by atoms with Gasteiger partial charge in [0.2, 0.25) is 15.9 Å². The van der Waals surface area contributed by atoms with Crippen LogP contribution in [0.15, 0.2) is 30.6 Å². The third-order valence-corrected chi connectivity index (χ3v) is 4.96. The minimum Gasteiger partial charge on any atom is -0.481 e. The predicted octanol–water partition coefficient (Wildman–Crippen LogP) is 0.783. The van der Waals surface area contributed by atoms with Crippen molar-refractivity contribution in [3.05, 3.63) is 41.9 Å². The van der Waals surface area contributed by atoms with Gasteiger partial charge in [-0.15, -0.1) is 0 Å². The van der Waals surface area contributed by atoms with E-state index in [9.17, 15) is 8.42 Å². The van der Waals surface area contributed by atoms with Gasteiger partial charge in [0.05, 0.1) is 25.1 Å². The maximum Gasteiger partial charge on any atom is 0.217 e. The van der Waals surface area contributed by atoms with Gasteiger partial charge in [-0.05, 0) is 18.6 Å². The van der Waals surface area contributed by atoms with Crippen molar-refractivity contribution < 1.29 is 13.2 Å². The van der Waals surface area contributed by atoms with E-state index in [2.05, 4.69) is 19.7 Å². The molecule has 0 radical (unpaired) electrons. The largest absolute Gasteiger partial charge is 0.481 e. The van der Waals surface area contributed by atoms with Gasteiger partial charge in [0.1, 0.15) is 0 Å². The molecule has 0 bridgehead atoms. The Bertz CT molecular complexity index is 821. The average molecular weight is 365 g/mol. The molecule has 1 atom stereocenters. The summed E-state index contributed by atoms with van der Waals surface area (Å²) in [6, 6.07) is 6.04. The number of aromatic nitrogens is 3. The van der Waals surface area contributed by atoms with Crippen molar-refractivity contribution in [3.8, 4) is 5.88 Å². The lowest BCUT2D eigenvalue weighted by Crippen LogP contribution is -2.38. The van der Waals surface area contributed by atoms with Crippen LogP contribution in [0.3, 0.4) is 0 Å². The number of hydrogen-bond acceptors (Lipinski definition) is 6. The highest BCUT2D eigenvalue weighted by Crippen LogP contribution is 2.25. The maximum atomic E-state index is 11.3. The lowest BCUT2D eigenvalue weighted by atomic mass is 10.1. The highest BCUT2D eigenvalue weighted by molar-refractivity contribution is 7.88. The van der Waals surface area contributed by atoms with E-state index >= 15 is 0 Å². The molecule has 0 saturated carbocycles. The van der Waals surface area contributed by atoms with Crippen LogP contribution in [-0.4, -0.2) is 54.5 Å². The Hall–Kier alpha value is -1.97. The van der Waals surface area contributed by atoms with Gasteiger partial charge in [0, 0.05) is 44.1 Å². The van der Waals surface area contributed by atoms with E-state index in [4.69, 9.17) is 4.74 Å². The van der Waals surface area contributed by atoms with Crippen LogP contribution >= 0.6 is 0 Å². The van der Waals surface area contributed by atoms with E-state index in [1.165, 1.54) is 6.26 Å². The van der Waals surface area contributed by atoms with E-state index in [1.54, 1.807) is 19.5 Å². The normalized spacial score (nSPS) is 18.1. The number of nitrogens with zero attached hydrogens (tertiary/aromatic N) is 4. The summed E-state index contributed by atoms with van der Waals surface area (Å²) in [4.78, 5) is 6.56. The molecule has 0 aromatic carbocycles. The van der Waals surface area contributed by atoms with Crippen molar-refractivity contribution in [2.45, 2.75) is 25.6 Å². The summed E-state index contributed by atoms with van der Waals surface area (Å²) in [6.45, 7) is 2.69. The molecular weight excluding hydrogens is 342 g/mol. The molecule has 1 aliphatic rings. The quantitative estimate of drug-likeness (QED) is 0.780.